The molecule has 13 heavy (non-hydrogen) atoms. The van der Waals surface area contributed by atoms with Gasteiger partial charge < -0.3 is 15.8 Å². The molecule has 0 aliphatic rings. The van der Waals surface area contributed by atoms with Gasteiger partial charge in [0.1, 0.15) is 6.04 Å². The summed E-state index contributed by atoms with van der Waals surface area (Å²) in [5.41, 5.74) is 5.10. The summed E-state index contributed by atoms with van der Waals surface area (Å²) >= 11 is 0. The standard InChI is InChI=1S/C8H16N2O3/c1-5(2)7(8(12)13-3)10-6(11)4-9/h5,7H,4,9H2,1-3H3,(H,10,11)/t7-/m0/s1. The monoisotopic (exact) mass is 188 g/mol. The van der Waals surface area contributed by atoms with Crippen LogP contribution in [0.2, 0.25) is 0 Å². The van der Waals surface area contributed by atoms with Crippen LogP contribution in [0.15, 0.2) is 0 Å². The van der Waals surface area contributed by atoms with Crippen LogP contribution in [0.1, 0.15) is 13.8 Å². The van der Waals surface area contributed by atoms with Crippen LogP contribution in [0, 0.1) is 5.92 Å². The van der Waals surface area contributed by atoms with Gasteiger partial charge in [-0.25, -0.2) is 4.79 Å². The van der Waals surface area contributed by atoms with E-state index in [1.165, 1.54) is 7.11 Å². The molecule has 0 heterocycles. The maximum absolute atomic E-state index is 11.1. The fraction of sp³-hybridized carbons (Fsp3) is 0.750. The summed E-state index contributed by atoms with van der Waals surface area (Å²) in [5, 5.41) is 2.48. The van der Waals surface area contributed by atoms with Crippen LogP contribution in [0.4, 0.5) is 0 Å². The number of nitrogens with one attached hydrogen (secondary N) is 1. The van der Waals surface area contributed by atoms with E-state index in [9.17, 15) is 9.59 Å². The van der Waals surface area contributed by atoms with Crippen molar-refractivity contribution in [2.75, 3.05) is 13.7 Å². The zero-order valence-corrected chi connectivity index (χ0v) is 8.16. The van der Waals surface area contributed by atoms with Gasteiger partial charge in [-0.1, -0.05) is 13.8 Å². The molecule has 5 heteroatoms. The van der Waals surface area contributed by atoms with Crippen molar-refractivity contribution in [1.29, 1.82) is 0 Å². The van der Waals surface area contributed by atoms with E-state index >= 15 is 0 Å². The average Bonchev–Trinajstić information content (AvgIpc) is 2.11. The smallest absolute Gasteiger partial charge is 0.328 e. The molecule has 0 aliphatic heterocycles. The molecule has 0 unspecified atom stereocenters. The van der Waals surface area contributed by atoms with Crippen molar-refractivity contribution in [2.45, 2.75) is 19.9 Å². The SMILES string of the molecule is COC(=O)[C@@H](NC(=O)CN)C(C)C. The number of hydrogen-bond acceptors (Lipinski definition) is 4. The summed E-state index contributed by atoms with van der Waals surface area (Å²) < 4.78 is 4.52. The molecule has 0 rings (SSSR count). The summed E-state index contributed by atoms with van der Waals surface area (Å²) in [4.78, 5) is 22.0. The molecule has 0 spiro atoms. The predicted molar refractivity (Wildman–Crippen MR) is 47.8 cm³/mol. The molecule has 0 saturated carbocycles. The van der Waals surface area contributed by atoms with E-state index in [1.54, 1.807) is 0 Å². The zero-order valence-electron chi connectivity index (χ0n) is 8.16. The highest BCUT2D eigenvalue weighted by molar-refractivity contribution is 5.85. The fourth-order valence-corrected chi connectivity index (χ4v) is 0.857. The summed E-state index contributed by atoms with van der Waals surface area (Å²) in [5.74, 6) is -0.816. The molecule has 0 bridgehead atoms. The lowest BCUT2D eigenvalue weighted by Crippen LogP contribution is -2.47. The molecule has 76 valence electrons. The first kappa shape index (κ1) is 11.9. The Morgan fingerprint density at radius 1 is 1.46 bits per heavy atom. The first-order chi connectivity index (χ1) is 6.02. The maximum Gasteiger partial charge on any atom is 0.328 e. The van der Waals surface area contributed by atoms with E-state index in [0.29, 0.717) is 0 Å². The topological polar surface area (TPSA) is 81.4 Å². The molecule has 5 nitrogen and oxygen atoms in total. The molecule has 0 aromatic heterocycles. The van der Waals surface area contributed by atoms with Crippen LogP contribution >= 0.6 is 0 Å². The van der Waals surface area contributed by atoms with Crippen molar-refractivity contribution in [1.82, 2.24) is 5.32 Å². The van der Waals surface area contributed by atoms with Crippen molar-refractivity contribution >= 4 is 11.9 Å². The van der Waals surface area contributed by atoms with Gasteiger partial charge in [0, 0.05) is 0 Å². The molecular weight excluding hydrogens is 172 g/mol. The second-order valence-corrected chi connectivity index (χ2v) is 3.02. The molecule has 0 aromatic carbocycles. The number of carbonyl (C=O) groups is 2. The molecule has 1 atom stereocenters. The number of hydrogen-bond donors (Lipinski definition) is 2. The summed E-state index contributed by atoms with van der Waals surface area (Å²) in [7, 11) is 1.28. The number of nitrogens with two attached hydrogens (primary N) is 1. The molecule has 0 saturated heterocycles. The molecule has 0 radical (unpaired) electrons. The fourth-order valence-electron chi connectivity index (χ4n) is 0.857. The van der Waals surface area contributed by atoms with Crippen LogP contribution in [0.3, 0.4) is 0 Å². The minimum Gasteiger partial charge on any atom is -0.467 e. The minimum absolute atomic E-state index is 0.0112. The van der Waals surface area contributed by atoms with Gasteiger partial charge in [-0.3, -0.25) is 4.79 Å². The molecule has 0 fully saturated rings. The van der Waals surface area contributed by atoms with E-state index in [1.807, 2.05) is 13.8 Å². The Kier molecular flexibility index (Phi) is 5.06. The van der Waals surface area contributed by atoms with Crippen LogP contribution in [-0.2, 0) is 14.3 Å². The normalized spacial score (nSPS) is 12.4. The van der Waals surface area contributed by atoms with Crippen molar-refractivity contribution < 1.29 is 14.3 Å². The van der Waals surface area contributed by atoms with E-state index in [2.05, 4.69) is 10.1 Å². The number of amides is 1. The van der Waals surface area contributed by atoms with Gasteiger partial charge in [0.05, 0.1) is 13.7 Å². The molecule has 0 aliphatic carbocycles. The Morgan fingerprint density at radius 3 is 2.31 bits per heavy atom. The Balaban J connectivity index is 4.26. The van der Waals surface area contributed by atoms with Gasteiger partial charge in [-0.2, -0.15) is 0 Å². The number of methoxy groups -OCH3 is 1. The Hall–Kier alpha value is -1.10. The summed E-state index contributed by atoms with van der Waals surface area (Å²) in [6.07, 6.45) is 0. The van der Waals surface area contributed by atoms with Crippen molar-refractivity contribution in [3.8, 4) is 0 Å². The summed E-state index contributed by atoms with van der Waals surface area (Å²) in [6, 6.07) is -0.610. The number of rotatable bonds is 4. The van der Waals surface area contributed by atoms with E-state index in [0.717, 1.165) is 0 Å². The average molecular weight is 188 g/mol. The van der Waals surface area contributed by atoms with Gasteiger partial charge in [-0.15, -0.1) is 0 Å². The summed E-state index contributed by atoms with van der Waals surface area (Å²) in [6.45, 7) is 3.51. The highest BCUT2D eigenvalue weighted by atomic mass is 16.5. The van der Waals surface area contributed by atoms with E-state index < -0.39 is 12.0 Å². The lowest BCUT2D eigenvalue weighted by Gasteiger charge is -2.19. The van der Waals surface area contributed by atoms with Crippen molar-refractivity contribution in [3.05, 3.63) is 0 Å². The van der Waals surface area contributed by atoms with E-state index in [-0.39, 0.29) is 18.4 Å². The minimum atomic E-state index is -0.610. The number of ether oxygens (including phenoxy) is 1. The van der Waals surface area contributed by atoms with Crippen LogP contribution < -0.4 is 11.1 Å². The Bertz CT molecular complexity index is 192. The molecular formula is C8H16N2O3. The van der Waals surface area contributed by atoms with Gasteiger partial charge in [0.2, 0.25) is 5.91 Å². The van der Waals surface area contributed by atoms with Crippen molar-refractivity contribution in [2.24, 2.45) is 11.7 Å². The molecule has 3 N–H and O–H groups in total. The second-order valence-electron chi connectivity index (χ2n) is 3.02. The number of esters is 1. The molecule has 0 aromatic rings. The quantitative estimate of drug-likeness (QED) is 0.569. The first-order valence-electron chi connectivity index (χ1n) is 4.10. The van der Waals surface area contributed by atoms with Crippen molar-refractivity contribution in [3.63, 3.8) is 0 Å². The van der Waals surface area contributed by atoms with Gasteiger partial charge in [0.25, 0.3) is 0 Å². The van der Waals surface area contributed by atoms with Crippen LogP contribution in [-0.4, -0.2) is 31.6 Å². The number of carbonyl (C=O) groups excluding carboxylic acids is 2. The molecule has 1 amide bonds. The highest BCUT2D eigenvalue weighted by Crippen LogP contribution is 2.02. The van der Waals surface area contributed by atoms with Gasteiger partial charge >= 0.3 is 5.97 Å². The van der Waals surface area contributed by atoms with Crippen LogP contribution in [0.25, 0.3) is 0 Å². The third kappa shape index (κ3) is 3.89. The third-order valence-corrected chi connectivity index (χ3v) is 1.62. The van der Waals surface area contributed by atoms with Gasteiger partial charge in [0.15, 0.2) is 0 Å². The zero-order chi connectivity index (χ0) is 10.4. The lowest BCUT2D eigenvalue weighted by atomic mass is 10.0. The Labute approximate surface area is 77.6 Å². The largest absolute Gasteiger partial charge is 0.467 e. The lowest BCUT2D eigenvalue weighted by molar-refractivity contribution is -0.146. The predicted octanol–water partition coefficient (Wildman–Crippen LogP) is -0.741. The van der Waals surface area contributed by atoms with Gasteiger partial charge in [-0.05, 0) is 5.92 Å². The van der Waals surface area contributed by atoms with E-state index in [4.69, 9.17) is 5.73 Å². The third-order valence-electron chi connectivity index (χ3n) is 1.62. The van der Waals surface area contributed by atoms with Crippen LogP contribution in [0.5, 0.6) is 0 Å². The first-order valence-corrected chi connectivity index (χ1v) is 4.10. The maximum atomic E-state index is 11.1. The highest BCUT2D eigenvalue weighted by Gasteiger charge is 2.23. The second kappa shape index (κ2) is 5.53. The Morgan fingerprint density at radius 2 is 2.00 bits per heavy atom.